The van der Waals surface area contributed by atoms with Gasteiger partial charge in [0, 0.05) is 50.3 Å². The molecule has 0 spiro atoms. The highest BCUT2D eigenvalue weighted by Gasteiger charge is 2.36. The Labute approximate surface area is 289 Å². The highest BCUT2D eigenvalue weighted by Crippen LogP contribution is 2.38. The van der Waals surface area contributed by atoms with Gasteiger partial charge in [-0.05, 0) is 86.0 Å². The van der Waals surface area contributed by atoms with Crippen LogP contribution in [0, 0.1) is 18.3 Å². The minimum Gasteiger partial charge on any atom is -0.459 e. The van der Waals surface area contributed by atoms with E-state index in [0.29, 0.717) is 32.2 Å². The van der Waals surface area contributed by atoms with Gasteiger partial charge >= 0.3 is 12.1 Å². The number of amides is 1. The normalized spacial score (nSPS) is 20.7. The summed E-state index contributed by atoms with van der Waals surface area (Å²) in [6.07, 6.45) is 5.56. The number of anilines is 2. The number of fused-ring (bicyclic) bond motifs is 2. The van der Waals surface area contributed by atoms with Crippen LogP contribution in [-0.4, -0.2) is 107 Å². The summed E-state index contributed by atoms with van der Waals surface area (Å²) in [4.78, 5) is 31.5. The maximum absolute atomic E-state index is 13.1. The van der Waals surface area contributed by atoms with Gasteiger partial charge in [-0.25, -0.2) is 9.48 Å². The lowest BCUT2D eigenvalue weighted by atomic mass is 10.0. The molecule has 1 aromatic carbocycles. The molecule has 5 heterocycles. The number of benzene rings is 1. The summed E-state index contributed by atoms with van der Waals surface area (Å²) in [7, 11) is 4.03. The Hall–Kier alpha value is -4.15. The van der Waals surface area contributed by atoms with E-state index in [0.717, 1.165) is 79.0 Å². The molecule has 0 saturated carbocycles. The summed E-state index contributed by atoms with van der Waals surface area (Å²) in [5.74, 6) is 0.820. The number of rotatable bonds is 8. The molecule has 3 aliphatic heterocycles. The van der Waals surface area contributed by atoms with Crippen molar-refractivity contribution in [3.63, 3.8) is 0 Å². The Morgan fingerprint density at radius 3 is 2.69 bits per heavy atom. The van der Waals surface area contributed by atoms with Crippen LogP contribution >= 0.6 is 0 Å². The van der Waals surface area contributed by atoms with Crippen molar-refractivity contribution in [2.24, 2.45) is 0 Å². The molecule has 3 atom stereocenters. The Bertz CT molecular complexity index is 1690. The van der Waals surface area contributed by atoms with E-state index in [1.807, 2.05) is 52.7 Å². The predicted octanol–water partition coefficient (Wildman–Crippen LogP) is 5.06. The van der Waals surface area contributed by atoms with Gasteiger partial charge in [0.25, 0.3) is 0 Å². The number of aryl methyl sites for hydroxylation is 1. The second-order valence-electron chi connectivity index (χ2n) is 14.8. The van der Waals surface area contributed by atoms with Crippen LogP contribution in [0.2, 0.25) is 0 Å². The Balaban J connectivity index is 1.33. The van der Waals surface area contributed by atoms with Crippen LogP contribution in [0.15, 0.2) is 18.3 Å². The number of nitriles is 1. The summed E-state index contributed by atoms with van der Waals surface area (Å²) in [5, 5.41) is 15.6. The zero-order valence-corrected chi connectivity index (χ0v) is 30.1. The first-order valence-corrected chi connectivity index (χ1v) is 17.6. The van der Waals surface area contributed by atoms with E-state index < -0.39 is 11.7 Å². The minimum atomic E-state index is -0.622. The van der Waals surface area contributed by atoms with Gasteiger partial charge in [-0.1, -0.05) is 6.07 Å². The van der Waals surface area contributed by atoms with Crippen LogP contribution in [0.5, 0.6) is 6.01 Å². The molecule has 2 aromatic heterocycles. The molecule has 3 aromatic rings. The second-order valence-corrected chi connectivity index (χ2v) is 14.8. The van der Waals surface area contributed by atoms with Crippen molar-refractivity contribution in [2.45, 2.75) is 97.2 Å². The van der Waals surface area contributed by atoms with Crippen molar-refractivity contribution in [2.75, 3.05) is 63.2 Å². The largest absolute Gasteiger partial charge is 0.459 e. The molecule has 0 N–H and O–H groups in total. The van der Waals surface area contributed by atoms with Gasteiger partial charge in [-0.3, -0.25) is 0 Å². The van der Waals surface area contributed by atoms with Crippen molar-refractivity contribution in [1.29, 1.82) is 5.26 Å². The Morgan fingerprint density at radius 2 is 1.98 bits per heavy atom. The molecule has 13 nitrogen and oxygen atoms in total. The van der Waals surface area contributed by atoms with Crippen molar-refractivity contribution in [1.82, 2.24) is 29.5 Å². The summed E-state index contributed by atoms with van der Waals surface area (Å²) in [6, 6.07) is 6.62. The number of aromatic nitrogens is 4. The van der Waals surface area contributed by atoms with Crippen LogP contribution in [0.25, 0.3) is 10.9 Å². The summed E-state index contributed by atoms with van der Waals surface area (Å²) in [5.41, 5.74) is 4.81. The molecule has 0 radical (unpaired) electrons. The number of ether oxygens (including phenoxy) is 3. The maximum Gasteiger partial charge on any atom is 0.410 e. The zero-order valence-electron chi connectivity index (χ0n) is 30.1. The fraction of sp³-hybridized carbons (Fsp3) is 0.639. The molecule has 2 fully saturated rings. The maximum atomic E-state index is 13.1. The molecule has 2 saturated heterocycles. The number of carbonyl (C=O) groups is 1. The molecule has 264 valence electrons. The standard InChI is InChI=1S/C36H51N9O4/c1-24-11-12-30-28(20-38-45(30)31-10-8-9-19-47-31)32(24)42-16-14-27-29(23-42)39-34(48-25(2)21-41(6)7)40-33(27)43-17-18-44(26(22-43)13-15-37)35(46)49-36(3,4)5/h11-12,20,25-26,31H,8-10,13-14,16-19,21-23H2,1-7H3/t25-,26?,31?/m1/s1. The van der Waals surface area contributed by atoms with Gasteiger partial charge in [0.1, 0.15) is 17.5 Å². The SMILES string of the molecule is Cc1ccc2c(cnn2C2CCCCO2)c1N1CCc2c(nc(O[C@H](C)CN(C)C)nc2N2CCN(C(=O)OC(C)(C)C)C(CC#N)C2)C1. The molecule has 3 aliphatic rings. The molecule has 1 amide bonds. The Kier molecular flexibility index (Phi) is 10.2. The van der Waals surface area contributed by atoms with E-state index in [4.69, 9.17) is 29.3 Å². The van der Waals surface area contributed by atoms with Crippen molar-refractivity contribution in [3.8, 4) is 12.1 Å². The van der Waals surface area contributed by atoms with Gasteiger partial charge < -0.3 is 33.8 Å². The molecular formula is C36H51N9O4. The first kappa shape index (κ1) is 34.7. The number of nitrogens with zero attached hydrogens (tertiary/aromatic N) is 9. The van der Waals surface area contributed by atoms with E-state index in [2.05, 4.69) is 39.8 Å². The third kappa shape index (κ3) is 7.70. The first-order valence-electron chi connectivity index (χ1n) is 17.6. The van der Waals surface area contributed by atoms with Crippen LogP contribution < -0.4 is 14.5 Å². The zero-order chi connectivity index (χ0) is 34.9. The number of piperazine rings is 1. The lowest BCUT2D eigenvalue weighted by molar-refractivity contribution is -0.0366. The average molecular weight is 674 g/mol. The van der Waals surface area contributed by atoms with Crippen molar-refractivity contribution in [3.05, 3.63) is 35.2 Å². The molecule has 6 rings (SSSR count). The van der Waals surface area contributed by atoms with Crippen molar-refractivity contribution < 1.29 is 19.0 Å². The minimum absolute atomic E-state index is 0.0382. The van der Waals surface area contributed by atoms with Gasteiger partial charge in [0.15, 0.2) is 6.23 Å². The first-order chi connectivity index (χ1) is 23.4. The van der Waals surface area contributed by atoms with Gasteiger partial charge in [-0.15, -0.1) is 0 Å². The number of carbonyl (C=O) groups excluding carboxylic acids is 1. The quantitative estimate of drug-likeness (QED) is 0.319. The summed E-state index contributed by atoms with van der Waals surface area (Å²) < 4.78 is 20.2. The molecule has 13 heteroatoms. The molecule has 0 bridgehead atoms. The predicted molar refractivity (Wildman–Crippen MR) is 188 cm³/mol. The molecule has 0 aliphatic carbocycles. The molecular weight excluding hydrogens is 622 g/mol. The second kappa shape index (κ2) is 14.4. The fourth-order valence-electron chi connectivity index (χ4n) is 7.30. The average Bonchev–Trinajstić information content (AvgIpc) is 3.47. The topological polar surface area (TPSA) is 125 Å². The van der Waals surface area contributed by atoms with E-state index >= 15 is 0 Å². The monoisotopic (exact) mass is 673 g/mol. The summed E-state index contributed by atoms with van der Waals surface area (Å²) in [6.45, 7) is 14.1. The smallest absolute Gasteiger partial charge is 0.410 e. The molecule has 49 heavy (non-hydrogen) atoms. The highest BCUT2D eigenvalue weighted by molar-refractivity contribution is 5.94. The van der Waals surface area contributed by atoms with Gasteiger partial charge in [0.05, 0.1) is 48.2 Å². The Morgan fingerprint density at radius 1 is 1.16 bits per heavy atom. The van der Waals surface area contributed by atoms with E-state index in [1.54, 1.807) is 4.90 Å². The number of hydrogen-bond acceptors (Lipinski definition) is 11. The van der Waals surface area contributed by atoms with E-state index in [9.17, 15) is 10.1 Å². The molecule has 2 unspecified atom stereocenters. The fourth-order valence-corrected chi connectivity index (χ4v) is 7.30. The van der Waals surface area contributed by atoms with Crippen LogP contribution in [0.3, 0.4) is 0 Å². The third-order valence-electron chi connectivity index (χ3n) is 9.39. The lowest BCUT2D eigenvalue weighted by Crippen LogP contribution is -2.56. The highest BCUT2D eigenvalue weighted by atomic mass is 16.6. The van der Waals surface area contributed by atoms with Crippen LogP contribution in [-0.2, 0) is 22.4 Å². The van der Waals surface area contributed by atoms with Crippen molar-refractivity contribution >= 4 is 28.5 Å². The lowest BCUT2D eigenvalue weighted by Gasteiger charge is -2.42. The van der Waals surface area contributed by atoms with E-state index in [1.165, 1.54) is 5.56 Å². The number of hydrogen-bond donors (Lipinski definition) is 0. The van der Waals surface area contributed by atoms with Gasteiger partial charge in [0.2, 0.25) is 0 Å². The van der Waals surface area contributed by atoms with E-state index in [-0.39, 0.29) is 24.8 Å². The third-order valence-corrected chi connectivity index (χ3v) is 9.39. The number of likely N-dealkylation sites (N-methyl/N-ethyl adjacent to an activating group) is 1. The van der Waals surface area contributed by atoms with Crippen LogP contribution in [0.4, 0.5) is 16.3 Å². The van der Waals surface area contributed by atoms with Gasteiger partial charge in [-0.2, -0.15) is 20.3 Å². The summed E-state index contributed by atoms with van der Waals surface area (Å²) >= 11 is 0. The van der Waals surface area contributed by atoms with Crippen LogP contribution in [0.1, 0.15) is 76.4 Å².